The van der Waals surface area contributed by atoms with Crippen LogP contribution in [0.15, 0.2) is 66.2 Å². The maximum atomic E-state index is 12.4. The molecule has 156 valence electrons. The van der Waals surface area contributed by atoms with Crippen molar-refractivity contribution in [1.29, 1.82) is 5.26 Å². The lowest BCUT2D eigenvalue weighted by Gasteiger charge is -2.10. The first-order valence-electron chi connectivity index (χ1n) is 8.94. The van der Waals surface area contributed by atoms with Gasteiger partial charge in [0, 0.05) is 5.69 Å². The number of phenolic OH excluding ortho intramolecular Hbond substituents is 1. The summed E-state index contributed by atoms with van der Waals surface area (Å²) < 4.78 is 5.72. The van der Waals surface area contributed by atoms with Gasteiger partial charge in [0.1, 0.15) is 29.7 Å². The van der Waals surface area contributed by atoms with Crippen LogP contribution in [-0.4, -0.2) is 11.0 Å². The minimum absolute atomic E-state index is 0.0742. The number of amides is 1. The molecule has 0 fully saturated rings. The fourth-order valence-corrected chi connectivity index (χ4v) is 3.14. The Labute approximate surface area is 194 Å². The third-order valence-corrected chi connectivity index (χ3v) is 5.17. The van der Waals surface area contributed by atoms with Crippen LogP contribution >= 0.6 is 34.8 Å². The molecule has 31 heavy (non-hydrogen) atoms. The molecule has 0 bridgehead atoms. The van der Waals surface area contributed by atoms with E-state index in [9.17, 15) is 15.2 Å². The first-order valence-corrected chi connectivity index (χ1v) is 10.1. The average Bonchev–Trinajstić information content (AvgIpc) is 2.75. The Balaban J connectivity index is 1.70. The van der Waals surface area contributed by atoms with Gasteiger partial charge in [-0.25, -0.2) is 0 Å². The monoisotopic (exact) mass is 472 g/mol. The lowest BCUT2D eigenvalue weighted by molar-refractivity contribution is -0.112. The van der Waals surface area contributed by atoms with Crippen molar-refractivity contribution in [2.45, 2.75) is 6.61 Å². The number of halogens is 3. The molecule has 0 unspecified atom stereocenters. The number of nitriles is 1. The van der Waals surface area contributed by atoms with Crippen LogP contribution in [0.2, 0.25) is 15.1 Å². The van der Waals surface area contributed by atoms with Gasteiger partial charge in [0.2, 0.25) is 0 Å². The zero-order chi connectivity index (χ0) is 22.4. The largest absolute Gasteiger partial charge is 0.508 e. The third-order valence-electron chi connectivity index (χ3n) is 4.14. The molecular weight excluding hydrogens is 459 g/mol. The second-order valence-electron chi connectivity index (χ2n) is 6.40. The number of ether oxygens (including phenoxy) is 1. The van der Waals surface area contributed by atoms with Crippen LogP contribution < -0.4 is 10.1 Å². The van der Waals surface area contributed by atoms with Gasteiger partial charge in [-0.3, -0.25) is 4.79 Å². The summed E-state index contributed by atoms with van der Waals surface area (Å²) in [6, 6.07) is 17.9. The molecule has 1 amide bonds. The summed E-state index contributed by atoms with van der Waals surface area (Å²) in [4.78, 5) is 12.4. The molecule has 0 saturated heterocycles. The molecule has 0 saturated carbocycles. The Kier molecular flexibility index (Phi) is 7.43. The molecule has 2 N–H and O–H groups in total. The van der Waals surface area contributed by atoms with E-state index in [1.807, 2.05) is 6.07 Å². The minimum Gasteiger partial charge on any atom is -0.508 e. The molecule has 0 aliphatic heterocycles. The van der Waals surface area contributed by atoms with Crippen LogP contribution in [0.25, 0.3) is 6.08 Å². The highest BCUT2D eigenvalue weighted by molar-refractivity contribution is 6.42. The molecule has 0 aliphatic rings. The second-order valence-corrected chi connectivity index (χ2v) is 7.62. The number of anilines is 1. The first-order chi connectivity index (χ1) is 14.9. The molecule has 3 rings (SSSR count). The number of nitrogens with zero attached hydrogens (tertiary/aromatic N) is 1. The van der Waals surface area contributed by atoms with Crippen LogP contribution in [0.4, 0.5) is 5.69 Å². The van der Waals surface area contributed by atoms with E-state index in [0.717, 1.165) is 5.56 Å². The summed E-state index contributed by atoms with van der Waals surface area (Å²) in [5.74, 6) is -0.0636. The van der Waals surface area contributed by atoms with Crippen molar-refractivity contribution in [3.8, 4) is 17.6 Å². The number of hydrogen-bond acceptors (Lipinski definition) is 4. The molecule has 0 aliphatic carbocycles. The number of nitrogens with one attached hydrogen (secondary N) is 1. The van der Waals surface area contributed by atoms with Crippen LogP contribution in [0.3, 0.4) is 0 Å². The number of hydrogen-bond donors (Lipinski definition) is 2. The van der Waals surface area contributed by atoms with Gasteiger partial charge >= 0.3 is 0 Å². The van der Waals surface area contributed by atoms with Crippen molar-refractivity contribution in [2.75, 3.05) is 5.32 Å². The highest BCUT2D eigenvalue weighted by atomic mass is 35.5. The van der Waals surface area contributed by atoms with Gasteiger partial charge < -0.3 is 15.2 Å². The zero-order valence-electron chi connectivity index (χ0n) is 15.9. The standard InChI is InChI=1S/C23H15Cl3N2O3/c24-19-7-1-15(11-20(19)25)13-31-22-8-2-14(10-21(22)26)9-16(12-27)23(30)28-17-3-5-18(29)6-4-17/h1-11,29H,13H2,(H,28,30)/b16-9+. The SMILES string of the molecule is N#C/C(=C\c1ccc(OCc2ccc(Cl)c(Cl)c2)c(Cl)c1)C(=O)Nc1ccc(O)cc1. The predicted octanol–water partition coefficient (Wildman–Crippen LogP) is 6.48. The van der Waals surface area contributed by atoms with E-state index in [1.54, 1.807) is 36.4 Å². The van der Waals surface area contributed by atoms with Crippen LogP contribution in [0.1, 0.15) is 11.1 Å². The van der Waals surface area contributed by atoms with Crippen molar-refractivity contribution in [3.05, 3.63) is 92.4 Å². The lowest BCUT2D eigenvalue weighted by Crippen LogP contribution is -2.13. The Morgan fingerprint density at radius 2 is 1.74 bits per heavy atom. The topological polar surface area (TPSA) is 82.3 Å². The van der Waals surface area contributed by atoms with E-state index in [0.29, 0.717) is 32.1 Å². The van der Waals surface area contributed by atoms with Crippen molar-refractivity contribution in [1.82, 2.24) is 0 Å². The number of rotatable bonds is 6. The van der Waals surface area contributed by atoms with Gasteiger partial charge in [0.25, 0.3) is 5.91 Å². The average molecular weight is 474 g/mol. The van der Waals surface area contributed by atoms with Crippen molar-refractivity contribution in [3.63, 3.8) is 0 Å². The summed E-state index contributed by atoms with van der Waals surface area (Å²) in [6.45, 7) is 0.240. The van der Waals surface area contributed by atoms with Gasteiger partial charge in [-0.2, -0.15) is 5.26 Å². The Bertz CT molecular complexity index is 1190. The number of carbonyl (C=O) groups is 1. The van der Waals surface area contributed by atoms with E-state index in [4.69, 9.17) is 39.5 Å². The van der Waals surface area contributed by atoms with Crippen LogP contribution in [0.5, 0.6) is 11.5 Å². The van der Waals surface area contributed by atoms with Gasteiger partial charge in [-0.05, 0) is 65.7 Å². The fourth-order valence-electron chi connectivity index (χ4n) is 2.57. The number of aromatic hydroxyl groups is 1. The number of benzene rings is 3. The Morgan fingerprint density at radius 3 is 2.39 bits per heavy atom. The van der Waals surface area contributed by atoms with E-state index >= 15 is 0 Å². The van der Waals surface area contributed by atoms with Gasteiger partial charge in [-0.15, -0.1) is 0 Å². The van der Waals surface area contributed by atoms with E-state index in [-0.39, 0.29) is 17.9 Å². The molecule has 3 aromatic rings. The summed E-state index contributed by atoms with van der Waals surface area (Å²) >= 11 is 18.2. The molecule has 0 spiro atoms. The van der Waals surface area contributed by atoms with Crippen molar-refractivity contribution >= 4 is 52.5 Å². The van der Waals surface area contributed by atoms with Gasteiger partial charge in [0.15, 0.2) is 0 Å². The lowest BCUT2D eigenvalue weighted by atomic mass is 10.1. The smallest absolute Gasteiger partial charge is 0.266 e. The van der Waals surface area contributed by atoms with E-state index in [2.05, 4.69) is 5.32 Å². The quantitative estimate of drug-likeness (QED) is 0.244. The van der Waals surface area contributed by atoms with E-state index in [1.165, 1.54) is 30.3 Å². The normalized spacial score (nSPS) is 11.0. The highest BCUT2D eigenvalue weighted by Crippen LogP contribution is 2.28. The second kappa shape index (κ2) is 10.2. The summed E-state index contributed by atoms with van der Waals surface area (Å²) in [7, 11) is 0. The minimum atomic E-state index is -0.579. The van der Waals surface area contributed by atoms with Crippen molar-refractivity contribution < 1.29 is 14.6 Å². The summed E-state index contributed by atoms with van der Waals surface area (Å²) in [5.41, 5.74) is 1.73. The summed E-state index contributed by atoms with van der Waals surface area (Å²) in [5, 5.41) is 22.5. The van der Waals surface area contributed by atoms with Gasteiger partial charge in [0.05, 0.1) is 15.1 Å². The van der Waals surface area contributed by atoms with Crippen LogP contribution in [0, 0.1) is 11.3 Å². The maximum absolute atomic E-state index is 12.4. The number of carbonyl (C=O) groups excluding carboxylic acids is 1. The fraction of sp³-hybridized carbons (Fsp3) is 0.0435. The van der Waals surface area contributed by atoms with Crippen molar-refractivity contribution in [2.24, 2.45) is 0 Å². The predicted molar refractivity (Wildman–Crippen MR) is 123 cm³/mol. The van der Waals surface area contributed by atoms with Crippen LogP contribution in [-0.2, 0) is 11.4 Å². The van der Waals surface area contributed by atoms with E-state index < -0.39 is 5.91 Å². The zero-order valence-corrected chi connectivity index (χ0v) is 18.2. The number of phenols is 1. The molecule has 0 aromatic heterocycles. The maximum Gasteiger partial charge on any atom is 0.266 e. The molecule has 3 aromatic carbocycles. The molecule has 0 heterocycles. The third kappa shape index (κ3) is 6.16. The molecule has 5 nitrogen and oxygen atoms in total. The molecule has 0 radical (unpaired) electrons. The Morgan fingerprint density at radius 1 is 1.00 bits per heavy atom. The first kappa shape index (κ1) is 22.5. The molecular formula is C23H15Cl3N2O3. The molecule has 8 heteroatoms. The molecule has 0 atom stereocenters. The van der Waals surface area contributed by atoms with Gasteiger partial charge in [-0.1, -0.05) is 46.9 Å². The highest BCUT2D eigenvalue weighted by Gasteiger charge is 2.11. The Hall–Kier alpha value is -3.17. The summed E-state index contributed by atoms with van der Waals surface area (Å²) in [6.07, 6.45) is 1.42.